The fourth-order valence-electron chi connectivity index (χ4n) is 2.02. The number of aliphatic hydroxyl groups is 3. The molecule has 0 radical (unpaired) electrons. The van der Waals surface area contributed by atoms with Crippen LogP contribution in [0.4, 0.5) is 0 Å². The minimum Gasteiger partial charge on any atom is -0.394 e. The van der Waals surface area contributed by atoms with E-state index in [4.69, 9.17) is 27.3 Å². The second kappa shape index (κ2) is 6.94. The van der Waals surface area contributed by atoms with Crippen molar-refractivity contribution >= 4 is 23.4 Å². The smallest absolute Gasteiger partial charge is 0.135 e. The molecule has 0 spiro atoms. The number of thioether (sulfide) groups is 1. The Morgan fingerprint density at radius 2 is 2.10 bits per heavy atom. The number of nitrogens with two attached hydrogens (primary N) is 1. The predicted molar refractivity (Wildman–Crippen MR) is 77.8 cm³/mol. The van der Waals surface area contributed by atoms with Gasteiger partial charge in [0, 0.05) is 9.92 Å². The summed E-state index contributed by atoms with van der Waals surface area (Å²) in [7, 11) is 0. The minimum atomic E-state index is -1.16. The summed E-state index contributed by atoms with van der Waals surface area (Å²) in [6, 6.07) is 5.83. The zero-order valence-corrected chi connectivity index (χ0v) is 12.5. The van der Waals surface area contributed by atoms with Crippen LogP contribution in [0.3, 0.4) is 0 Å². The minimum absolute atomic E-state index is 0.389. The van der Waals surface area contributed by atoms with Crippen LogP contribution in [0.15, 0.2) is 23.1 Å². The van der Waals surface area contributed by atoms with Gasteiger partial charge in [-0.1, -0.05) is 23.4 Å². The van der Waals surface area contributed by atoms with Crippen LogP contribution in [0.5, 0.6) is 0 Å². The summed E-state index contributed by atoms with van der Waals surface area (Å²) in [5.74, 6) is 0. The lowest BCUT2D eigenvalue weighted by Crippen LogP contribution is -2.61. The maximum atomic E-state index is 10.1. The molecule has 0 aromatic heterocycles. The lowest BCUT2D eigenvalue weighted by atomic mass is 9.98. The average Bonchev–Trinajstić information content (AvgIpc) is 2.48. The number of rotatable bonds is 3. The van der Waals surface area contributed by atoms with Crippen molar-refractivity contribution in [2.45, 2.75) is 34.7 Å². The van der Waals surface area contributed by atoms with Crippen molar-refractivity contribution in [3.63, 3.8) is 0 Å². The molecule has 6 nitrogen and oxygen atoms in total. The van der Waals surface area contributed by atoms with Crippen molar-refractivity contribution in [1.82, 2.24) is 0 Å². The molecule has 1 saturated heterocycles. The maximum absolute atomic E-state index is 10.1. The normalized spacial score (nSPS) is 32.7. The molecule has 8 heteroatoms. The van der Waals surface area contributed by atoms with Crippen molar-refractivity contribution < 1.29 is 20.1 Å². The number of ether oxygens (including phenoxy) is 1. The first kappa shape index (κ1) is 16.5. The Morgan fingerprint density at radius 3 is 2.71 bits per heavy atom. The molecule has 1 fully saturated rings. The van der Waals surface area contributed by atoms with Crippen molar-refractivity contribution in [2.24, 2.45) is 5.73 Å². The monoisotopic (exact) mass is 330 g/mol. The molecule has 5 N–H and O–H groups in total. The third-order valence-electron chi connectivity index (χ3n) is 3.24. The first-order chi connectivity index (χ1) is 9.97. The summed E-state index contributed by atoms with van der Waals surface area (Å²) >= 11 is 6.99. The molecule has 0 aliphatic carbocycles. The van der Waals surface area contributed by atoms with Gasteiger partial charge in [0.15, 0.2) is 0 Å². The number of hydrogen-bond donors (Lipinski definition) is 4. The lowest BCUT2D eigenvalue weighted by molar-refractivity contribution is -0.160. The van der Waals surface area contributed by atoms with Crippen molar-refractivity contribution in [2.75, 3.05) is 6.61 Å². The van der Waals surface area contributed by atoms with E-state index in [0.29, 0.717) is 15.5 Å². The molecular weight excluding hydrogens is 316 g/mol. The Balaban J connectivity index is 2.22. The number of benzene rings is 1. The summed E-state index contributed by atoms with van der Waals surface area (Å²) in [6.07, 6.45) is -3.18. The fraction of sp³-hybridized carbons (Fsp3) is 0.462. The highest BCUT2D eigenvalue weighted by molar-refractivity contribution is 7.99. The number of aliphatic hydroxyl groups excluding tert-OH is 3. The van der Waals surface area contributed by atoms with E-state index in [1.165, 1.54) is 0 Å². The van der Waals surface area contributed by atoms with E-state index in [-0.39, 0.29) is 0 Å². The summed E-state index contributed by atoms with van der Waals surface area (Å²) in [4.78, 5) is 0.536. The van der Waals surface area contributed by atoms with Gasteiger partial charge in [-0.15, -0.1) is 0 Å². The number of nitriles is 1. The standard InChI is InChI=1S/C13H15ClN2O4S/c14-7-2-1-6(4-15)9(3-7)21-13-12(19)10(16)11(18)8(5-17)20-13/h1-3,8,10-13,17-19H,5,16H2. The Hall–Kier alpha value is -0.850. The van der Waals surface area contributed by atoms with Gasteiger partial charge in [0.1, 0.15) is 29.8 Å². The second-order valence-electron chi connectivity index (χ2n) is 4.65. The molecule has 2 rings (SSSR count). The van der Waals surface area contributed by atoms with Gasteiger partial charge < -0.3 is 25.8 Å². The van der Waals surface area contributed by atoms with Crippen molar-refractivity contribution in [3.8, 4) is 6.07 Å². The highest BCUT2D eigenvalue weighted by Crippen LogP contribution is 2.35. The van der Waals surface area contributed by atoms with Crippen LogP contribution in [0.1, 0.15) is 5.56 Å². The van der Waals surface area contributed by atoms with Gasteiger partial charge in [0.25, 0.3) is 0 Å². The van der Waals surface area contributed by atoms with E-state index < -0.39 is 36.4 Å². The molecule has 0 bridgehead atoms. The van der Waals surface area contributed by atoms with Crippen LogP contribution in [0.2, 0.25) is 5.02 Å². The molecule has 21 heavy (non-hydrogen) atoms. The van der Waals surface area contributed by atoms with Gasteiger partial charge in [0.2, 0.25) is 0 Å². The zero-order chi connectivity index (χ0) is 15.6. The van der Waals surface area contributed by atoms with Gasteiger partial charge in [-0.3, -0.25) is 0 Å². The van der Waals surface area contributed by atoms with Crippen LogP contribution in [-0.2, 0) is 4.74 Å². The fourth-order valence-corrected chi connectivity index (χ4v) is 3.47. The van der Waals surface area contributed by atoms with Crippen LogP contribution >= 0.6 is 23.4 Å². The maximum Gasteiger partial charge on any atom is 0.135 e. The van der Waals surface area contributed by atoms with Gasteiger partial charge in [-0.05, 0) is 18.2 Å². The van der Waals surface area contributed by atoms with Crippen LogP contribution < -0.4 is 5.73 Å². The highest BCUT2D eigenvalue weighted by atomic mass is 35.5. The molecule has 1 aromatic carbocycles. The van der Waals surface area contributed by atoms with Gasteiger partial charge in [0.05, 0.1) is 18.2 Å². The van der Waals surface area contributed by atoms with E-state index in [2.05, 4.69) is 0 Å². The summed E-state index contributed by atoms with van der Waals surface area (Å²) in [5.41, 5.74) is 5.31. The number of hydrogen-bond acceptors (Lipinski definition) is 7. The van der Waals surface area contributed by atoms with Gasteiger partial charge in [-0.2, -0.15) is 5.26 Å². The summed E-state index contributed by atoms with van der Waals surface area (Å²) in [6.45, 7) is -0.417. The third kappa shape index (κ3) is 3.49. The SMILES string of the molecule is N#Cc1ccc(Cl)cc1SC1OC(CO)C(O)C(N)C1O. The Bertz CT molecular complexity index is 551. The van der Waals surface area contributed by atoms with E-state index in [1.54, 1.807) is 18.2 Å². The highest BCUT2D eigenvalue weighted by Gasteiger charge is 2.42. The Morgan fingerprint density at radius 1 is 1.38 bits per heavy atom. The second-order valence-corrected chi connectivity index (χ2v) is 6.23. The predicted octanol–water partition coefficient (Wildman–Crippen LogP) is 0.0701. The van der Waals surface area contributed by atoms with Crippen molar-refractivity contribution in [3.05, 3.63) is 28.8 Å². The van der Waals surface area contributed by atoms with E-state index in [9.17, 15) is 15.3 Å². The van der Waals surface area contributed by atoms with Crippen LogP contribution in [0, 0.1) is 11.3 Å². The molecule has 1 aliphatic heterocycles. The third-order valence-corrected chi connectivity index (χ3v) is 4.69. The molecule has 114 valence electrons. The molecule has 1 heterocycles. The number of halogens is 1. The van der Waals surface area contributed by atoms with Crippen LogP contribution in [0.25, 0.3) is 0 Å². The molecule has 1 aliphatic rings. The molecule has 0 amide bonds. The quantitative estimate of drug-likeness (QED) is 0.619. The van der Waals surface area contributed by atoms with E-state index >= 15 is 0 Å². The zero-order valence-electron chi connectivity index (χ0n) is 10.9. The molecule has 0 saturated carbocycles. The van der Waals surface area contributed by atoms with Crippen molar-refractivity contribution in [1.29, 1.82) is 5.26 Å². The van der Waals surface area contributed by atoms with Gasteiger partial charge >= 0.3 is 0 Å². The van der Waals surface area contributed by atoms with E-state index in [0.717, 1.165) is 11.8 Å². The lowest BCUT2D eigenvalue weighted by Gasteiger charge is -2.40. The summed E-state index contributed by atoms with van der Waals surface area (Å²) in [5, 5.41) is 38.6. The Labute approximate surface area is 131 Å². The Kier molecular flexibility index (Phi) is 5.46. The average molecular weight is 331 g/mol. The summed E-state index contributed by atoms with van der Waals surface area (Å²) < 4.78 is 5.45. The van der Waals surface area contributed by atoms with Crippen LogP contribution in [-0.4, -0.2) is 51.7 Å². The molecule has 5 atom stereocenters. The van der Waals surface area contributed by atoms with E-state index in [1.807, 2.05) is 6.07 Å². The molecular formula is C13H15ClN2O4S. The number of nitrogens with zero attached hydrogens (tertiary/aromatic N) is 1. The molecule has 5 unspecified atom stereocenters. The first-order valence-corrected chi connectivity index (χ1v) is 7.48. The molecule has 1 aromatic rings. The first-order valence-electron chi connectivity index (χ1n) is 6.22. The van der Waals surface area contributed by atoms with Gasteiger partial charge in [-0.25, -0.2) is 0 Å². The topological polar surface area (TPSA) is 120 Å². The largest absolute Gasteiger partial charge is 0.394 e.